The molecule has 3 fully saturated rings. The summed E-state index contributed by atoms with van der Waals surface area (Å²) >= 11 is 0. The molecule has 0 unspecified atom stereocenters. The highest BCUT2D eigenvalue weighted by atomic mass is 16.5. The van der Waals surface area contributed by atoms with E-state index in [4.69, 9.17) is 4.74 Å². The van der Waals surface area contributed by atoms with E-state index < -0.39 is 0 Å². The van der Waals surface area contributed by atoms with E-state index in [-0.39, 0.29) is 17.4 Å². The lowest BCUT2D eigenvalue weighted by Crippen LogP contribution is -2.47. The van der Waals surface area contributed by atoms with Crippen molar-refractivity contribution in [3.05, 3.63) is 41.6 Å². The van der Waals surface area contributed by atoms with E-state index in [9.17, 15) is 4.79 Å². The predicted octanol–water partition coefficient (Wildman–Crippen LogP) is 3.11. The highest BCUT2D eigenvalue weighted by Gasteiger charge is 2.51. The maximum absolute atomic E-state index is 13.0. The number of hydrogen-bond acceptors (Lipinski definition) is 4. The van der Waals surface area contributed by atoms with Gasteiger partial charge in [0.05, 0.1) is 12.5 Å². The third-order valence-electron chi connectivity index (χ3n) is 6.58. The van der Waals surface area contributed by atoms with Crippen LogP contribution in [0.15, 0.2) is 30.3 Å². The highest BCUT2D eigenvalue weighted by Crippen LogP contribution is 2.49. The molecule has 6 heteroatoms. The lowest BCUT2D eigenvalue weighted by atomic mass is 9.93. The van der Waals surface area contributed by atoms with Crippen LogP contribution in [0.25, 0.3) is 0 Å². The lowest BCUT2D eigenvalue weighted by molar-refractivity contribution is -0.124. The molecule has 3 aliphatic rings. The van der Waals surface area contributed by atoms with Crippen LogP contribution in [-0.4, -0.2) is 42.3 Å². The van der Waals surface area contributed by atoms with Gasteiger partial charge in [-0.2, -0.15) is 5.10 Å². The Kier molecular flexibility index (Phi) is 4.29. The third-order valence-corrected chi connectivity index (χ3v) is 6.58. The first-order chi connectivity index (χ1) is 13.7. The van der Waals surface area contributed by atoms with Crippen molar-refractivity contribution in [2.24, 2.45) is 0 Å². The topological polar surface area (TPSA) is 70.2 Å². The van der Waals surface area contributed by atoms with E-state index in [2.05, 4.69) is 26.5 Å². The number of amides is 1. The van der Waals surface area contributed by atoms with Gasteiger partial charge in [0.1, 0.15) is 5.75 Å². The van der Waals surface area contributed by atoms with Crippen molar-refractivity contribution in [2.45, 2.75) is 55.9 Å². The van der Waals surface area contributed by atoms with Gasteiger partial charge in [0, 0.05) is 36.8 Å². The summed E-state index contributed by atoms with van der Waals surface area (Å²) in [5.41, 5.74) is 2.05. The SMILES string of the molecule is COc1ccc(C2(C(=O)NC3CCN(c4cc(C5CC5)[nH]n4)CC3)CC2)cc1. The number of nitrogens with one attached hydrogen (secondary N) is 2. The number of benzene rings is 1. The summed E-state index contributed by atoms with van der Waals surface area (Å²) in [6.07, 6.45) is 6.37. The van der Waals surface area contributed by atoms with Gasteiger partial charge in [0.25, 0.3) is 0 Å². The Hall–Kier alpha value is -2.50. The van der Waals surface area contributed by atoms with Gasteiger partial charge in [-0.05, 0) is 56.2 Å². The molecule has 2 saturated carbocycles. The number of carbonyl (C=O) groups is 1. The van der Waals surface area contributed by atoms with E-state index in [1.165, 1.54) is 18.5 Å². The molecule has 2 aliphatic carbocycles. The molecule has 1 aliphatic heterocycles. The molecule has 0 spiro atoms. The first-order valence-electron chi connectivity index (χ1n) is 10.4. The number of aromatic amines is 1. The van der Waals surface area contributed by atoms with Crippen LogP contribution in [0.4, 0.5) is 5.82 Å². The molecule has 1 amide bonds. The molecule has 0 radical (unpaired) electrons. The number of aromatic nitrogens is 2. The molecular formula is C22H28N4O2. The number of piperidine rings is 1. The normalized spacial score (nSPS) is 21.4. The van der Waals surface area contributed by atoms with Crippen LogP contribution in [0.2, 0.25) is 0 Å². The average Bonchev–Trinajstić information content (AvgIpc) is 3.67. The summed E-state index contributed by atoms with van der Waals surface area (Å²) in [6.45, 7) is 1.88. The van der Waals surface area contributed by atoms with E-state index in [0.717, 1.165) is 55.9 Å². The minimum absolute atomic E-state index is 0.187. The van der Waals surface area contributed by atoms with Crippen molar-refractivity contribution >= 4 is 11.7 Å². The number of ether oxygens (including phenoxy) is 1. The van der Waals surface area contributed by atoms with Crippen molar-refractivity contribution in [3.8, 4) is 5.75 Å². The van der Waals surface area contributed by atoms with Crippen LogP contribution in [0.3, 0.4) is 0 Å². The summed E-state index contributed by atoms with van der Waals surface area (Å²) in [7, 11) is 1.66. The van der Waals surface area contributed by atoms with Gasteiger partial charge in [-0.25, -0.2) is 0 Å². The molecule has 2 aromatic rings. The molecule has 1 aromatic carbocycles. The molecule has 6 nitrogen and oxygen atoms in total. The van der Waals surface area contributed by atoms with Crippen LogP contribution in [-0.2, 0) is 10.2 Å². The zero-order valence-corrected chi connectivity index (χ0v) is 16.4. The second kappa shape index (κ2) is 6.83. The van der Waals surface area contributed by atoms with Gasteiger partial charge >= 0.3 is 0 Å². The number of H-pyrrole nitrogens is 1. The average molecular weight is 380 g/mol. The number of carbonyl (C=O) groups excluding carboxylic acids is 1. The van der Waals surface area contributed by atoms with E-state index in [1.807, 2.05) is 24.3 Å². The van der Waals surface area contributed by atoms with E-state index in [1.54, 1.807) is 7.11 Å². The van der Waals surface area contributed by atoms with Gasteiger partial charge in [-0.1, -0.05) is 12.1 Å². The Bertz CT molecular complexity index is 844. The Balaban J connectivity index is 1.17. The molecule has 5 rings (SSSR count). The minimum Gasteiger partial charge on any atom is -0.497 e. The molecule has 0 atom stereocenters. The van der Waals surface area contributed by atoms with Crippen LogP contribution >= 0.6 is 0 Å². The molecule has 1 aromatic heterocycles. The van der Waals surface area contributed by atoms with Crippen molar-refractivity contribution < 1.29 is 9.53 Å². The lowest BCUT2D eigenvalue weighted by Gasteiger charge is -2.33. The molecule has 2 N–H and O–H groups in total. The Labute approximate surface area is 165 Å². The summed E-state index contributed by atoms with van der Waals surface area (Å²) in [4.78, 5) is 15.3. The van der Waals surface area contributed by atoms with Gasteiger partial charge < -0.3 is 15.0 Å². The van der Waals surface area contributed by atoms with E-state index >= 15 is 0 Å². The number of anilines is 1. The molecule has 2 heterocycles. The first kappa shape index (κ1) is 17.6. The zero-order valence-electron chi connectivity index (χ0n) is 16.4. The first-order valence-corrected chi connectivity index (χ1v) is 10.4. The van der Waals surface area contributed by atoms with Gasteiger partial charge in [-0.3, -0.25) is 9.89 Å². The fourth-order valence-electron chi connectivity index (χ4n) is 4.35. The summed E-state index contributed by atoms with van der Waals surface area (Å²) in [5, 5.41) is 11.0. The Morgan fingerprint density at radius 2 is 1.89 bits per heavy atom. The molecule has 1 saturated heterocycles. The third kappa shape index (κ3) is 3.25. The number of hydrogen-bond donors (Lipinski definition) is 2. The summed E-state index contributed by atoms with van der Waals surface area (Å²) < 4.78 is 5.24. The summed E-state index contributed by atoms with van der Waals surface area (Å²) in [6, 6.07) is 10.4. The molecular weight excluding hydrogens is 352 g/mol. The van der Waals surface area contributed by atoms with Crippen LogP contribution < -0.4 is 15.0 Å². The predicted molar refractivity (Wildman–Crippen MR) is 108 cm³/mol. The fraction of sp³-hybridized carbons (Fsp3) is 0.545. The zero-order chi connectivity index (χ0) is 19.1. The number of rotatable bonds is 6. The van der Waals surface area contributed by atoms with Crippen LogP contribution in [0.5, 0.6) is 5.75 Å². The van der Waals surface area contributed by atoms with Gasteiger partial charge in [0.15, 0.2) is 5.82 Å². The second-order valence-electron chi connectivity index (χ2n) is 8.50. The maximum atomic E-state index is 13.0. The Morgan fingerprint density at radius 1 is 1.18 bits per heavy atom. The van der Waals surface area contributed by atoms with E-state index in [0.29, 0.717) is 5.92 Å². The summed E-state index contributed by atoms with van der Waals surface area (Å²) in [5.74, 6) is 2.77. The quantitative estimate of drug-likeness (QED) is 0.808. The minimum atomic E-state index is -0.329. The smallest absolute Gasteiger partial charge is 0.230 e. The highest BCUT2D eigenvalue weighted by molar-refractivity contribution is 5.91. The molecule has 28 heavy (non-hydrogen) atoms. The van der Waals surface area contributed by atoms with Crippen molar-refractivity contribution in [2.75, 3.05) is 25.1 Å². The number of nitrogens with zero attached hydrogens (tertiary/aromatic N) is 2. The van der Waals surface area contributed by atoms with Crippen molar-refractivity contribution in [1.29, 1.82) is 0 Å². The second-order valence-corrected chi connectivity index (χ2v) is 8.50. The monoisotopic (exact) mass is 380 g/mol. The standard InChI is InChI=1S/C22H28N4O2/c1-28-18-6-4-16(5-7-18)22(10-11-22)21(27)23-17-8-12-26(13-9-17)20-14-19(24-25-20)15-2-3-15/h4-7,14-15,17H,2-3,8-13H2,1H3,(H,23,27)(H,24,25). The number of methoxy groups -OCH3 is 1. The Morgan fingerprint density at radius 3 is 2.50 bits per heavy atom. The fourth-order valence-corrected chi connectivity index (χ4v) is 4.35. The largest absolute Gasteiger partial charge is 0.497 e. The molecule has 148 valence electrons. The van der Waals surface area contributed by atoms with Crippen molar-refractivity contribution in [1.82, 2.24) is 15.5 Å². The van der Waals surface area contributed by atoms with Gasteiger partial charge in [-0.15, -0.1) is 0 Å². The van der Waals surface area contributed by atoms with Crippen LogP contribution in [0.1, 0.15) is 55.7 Å². The maximum Gasteiger partial charge on any atom is 0.230 e. The van der Waals surface area contributed by atoms with Gasteiger partial charge in [0.2, 0.25) is 5.91 Å². The molecule has 0 bridgehead atoms. The van der Waals surface area contributed by atoms with Crippen molar-refractivity contribution in [3.63, 3.8) is 0 Å². The van der Waals surface area contributed by atoms with Crippen LogP contribution in [0, 0.1) is 0 Å².